The molecule has 0 saturated carbocycles. The van der Waals surface area contributed by atoms with E-state index in [-0.39, 0.29) is 17.1 Å². The maximum absolute atomic E-state index is 7.50. The van der Waals surface area contributed by atoms with Crippen molar-refractivity contribution >= 4 is 13.6 Å². The van der Waals surface area contributed by atoms with Gasteiger partial charge in [-0.15, -0.1) is 0 Å². The standard InChI is InChI=1S/C9H12O.2CO.Mn/c1-2-5-8(4-1)9-6-3-7-10-9;2*1-2;/h1-2,4,9H,3,5-7H2;;;. The molecule has 15 heavy (non-hydrogen) atoms. The molecule has 4 heteroatoms. The van der Waals surface area contributed by atoms with Crippen LogP contribution in [0.3, 0.4) is 0 Å². The zero-order chi connectivity index (χ0) is 10.8. The van der Waals surface area contributed by atoms with Crippen molar-refractivity contribution in [3.05, 3.63) is 23.8 Å². The van der Waals surface area contributed by atoms with E-state index in [0.29, 0.717) is 6.10 Å². The number of ether oxygens (including phenoxy) is 1. The van der Waals surface area contributed by atoms with Crippen LogP contribution in [0.2, 0.25) is 0 Å². The van der Waals surface area contributed by atoms with E-state index >= 15 is 0 Å². The summed E-state index contributed by atoms with van der Waals surface area (Å²) in [6, 6.07) is 0. The summed E-state index contributed by atoms with van der Waals surface area (Å²) in [5.41, 5.74) is 1.47. The first-order chi connectivity index (χ1) is 6.97. The average molecular weight is 247 g/mol. The van der Waals surface area contributed by atoms with Crippen LogP contribution in [0.25, 0.3) is 0 Å². The molecule has 1 unspecified atom stereocenters. The van der Waals surface area contributed by atoms with Crippen molar-refractivity contribution in [2.45, 2.75) is 25.4 Å². The van der Waals surface area contributed by atoms with Crippen molar-refractivity contribution in [2.24, 2.45) is 0 Å². The van der Waals surface area contributed by atoms with Gasteiger partial charge in [0.15, 0.2) is 0 Å². The first kappa shape index (κ1) is 16.7. The Bertz CT molecular complexity index is 206. The molecular weight excluding hydrogens is 235 g/mol. The quantitative estimate of drug-likeness (QED) is 0.655. The summed E-state index contributed by atoms with van der Waals surface area (Å²) in [6.07, 6.45) is 10.5. The second kappa shape index (κ2) is 11.4. The fraction of sp³-hybridized carbons (Fsp3) is 0.455. The molecule has 1 heterocycles. The number of hydrogen-bond acceptors (Lipinski definition) is 3. The maximum Gasteiger partial charge on any atom is 0.281 e. The predicted molar refractivity (Wildman–Crippen MR) is 52.2 cm³/mol. The summed E-state index contributed by atoms with van der Waals surface area (Å²) < 4.78 is 5.53. The zero-order valence-electron chi connectivity index (χ0n) is 8.24. The first-order valence-corrected chi connectivity index (χ1v) is 4.35. The Balaban J connectivity index is 0. The van der Waals surface area contributed by atoms with E-state index in [4.69, 9.17) is 14.3 Å². The van der Waals surface area contributed by atoms with Gasteiger partial charge in [0.2, 0.25) is 0 Å². The Morgan fingerprint density at radius 3 is 2.33 bits per heavy atom. The monoisotopic (exact) mass is 247 g/mol. The summed E-state index contributed by atoms with van der Waals surface area (Å²) in [6.45, 7) is 9.96. The molecule has 3 nitrogen and oxygen atoms in total. The van der Waals surface area contributed by atoms with Crippen LogP contribution in [0.5, 0.6) is 0 Å². The number of allylic oxidation sites excluding steroid dienone is 3. The summed E-state index contributed by atoms with van der Waals surface area (Å²) in [4.78, 5) is 15.0. The van der Waals surface area contributed by atoms with Crippen molar-refractivity contribution in [3.8, 4) is 0 Å². The van der Waals surface area contributed by atoms with E-state index in [9.17, 15) is 0 Å². The molecule has 0 aromatic rings. The SMILES string of the molecule is C1=CCC(C2CCCO2)=C1.[C]=O.[C]=O.[Mn]. The second-order valence-electron chi connectivity index (χ2n) is 2.88. The number of hydrogen-bond donors (Lipinski definition) is 0. The van der Waals surface area contributed by atoms with Crippen molar-refractivity contribution < 1.29 is 31.4 Å². The second-order valence-corrected chi connectivity index (χ2v) is 2.88. The average Bonchev–Trinajstić information content (AvgIpc) is 2.96. The molecule has 1 aliphatic heterocycles. The van der Waals surface area contributed by atoms with Crippen molar-refractivity contribution in [1.29, 1.82) is 0 Å². The molecule has 0 amide bonds. The van der Waals surface area contributed by atoms with Gasteiger partial charge in [-0.3, -0.25) is 9.59 Å². The van der Waals surface area contributed by atoms with Crippen molar-refractivity contribution in [1.82, 2.24) is 0 Å². The summed E-state index contributed by atoms with van der Waals surface area (Å²) in [5.74, 6) is 0. The van der Waals surface area contributed by atoms with Crippen LogP contribution < -0.4 is 0 Å². The fourth-order valence-electron chi connectivity index (χ4n) is 1.57. The molecule has 0 N–H and O–H groups in total. The van der Waals surface area contributed by atoms with Gasteiger partial charge in [0.05, 0.1) is 6.10 Å². The maximum atomic E-state index is 7.50. The molecular formula is C11H12MnO3. The molecule has 1 atom stereocenters. The molecule has 1 fully saturated rings. The molecule has 0 aromatic carbocycles. The fourth-order valence-corrected chi connectivity index (χ4v) is 1.57. The Kier molecular flexibility index (Phi) is 12.7. The predicted octanol–water partition coefficient (Wildman–Crippen LogP) is 1.25. The van der Waals surface area contributed by atoms with Crippen LogP contribution in [0, 0.1) is 0 Å². The van der Waals surface area contributed by atoms with Crippen LogP contribution in [0.4, 0.5) is 0 Å². The Hall–Kier alpha value is -0.701. The molecule has 0 bridgehead atoms. The molecule has 5 radical (unpaired) electrons. The van der Waals surface area contributed by atoms with E-state index < -0.39 is 0 Å². The van der Waals surface area contributed by atoms with E-state index in [1.165, 1.54) is 18.4 Å². The molecule has 2 aliphatic rings. The summed E-state index contributed by atoms with van der Waals surface area (Å²) >= 11 is 0. The van der Waals surface area contributed by atoms with Crippen molar-refractivity contribution in [2.75, 3.05) is 6.61 Å². The number of carbonyl (C=O) groups excluding carboxylic acids is 2. The molecule has 1 aliphatic carbocycles. The third-order valence-electron chi connectivity index (χ3n) is 2.14. The van der Waals surface area contributed by atoms with Gasteiger partial charge < -0.3 is 4.74 Å². The van der Waals surface area contributed by atoms with Gasteiger partial charge in [0.1, 0.15) is 0 Å². The minimum Gasteiger partial charge on any atom is -0.374 e. The smallest absolute Gasteiger partial charge is 0.281 e. The molecule has 0 aromatic heterocycles. The van der Waals surface area contributed by atoms with Crippen LogP contribution in [0.15, 0.2) is 23.8 Å². The van der Waals surface area contributed by atoms with E-state index in [2.05, 4.69) is 31.8 Å². The summed E-state index contributed by atoms with van der Waals surface area (Å²) in [5, 5.41) is 0. The van der Waals surface area contributed by atoms with Gasteiger partial charge in [-0.25, -0.2) is 0 Å². The zero-order valence-corrected chi connectivity index (χ0v) is 9.42. The Morgan fingerprint density at radius 2 is 1.93 bits per heavy atom. The van der Waals surface area contributed by atoms with Gasteiger partial charge in [-0.05, 0) is 24.8 Å². The topological polar surface area (TPSA) is 43.4 Å². The molecule has 0 spiro atoms. The Morgan fingerprint density at radius 1 is 1.27 bits per heavy atom. The van der Waals surface area contributed by atoms with Crippen LogP contribution in [0.1, 0.15) is 19.3 Å². The van der Waals surface area contributed by atoms with Gasteiger partial charge in [-0.2, -0.15) is 0 Å². The molecule has 1 saturated heterocycles. The molecule has 81 valence electrons. The van der Waals surface area contributed by atoms with E-state index in [1.807, 2.05) is 0 Å². The normalized spacial score (nSPS) is 21.3. The van der Waals surface area contributed by atoms with Crippen molar-refractivity contribution in [3.63, 3.8) is 0 Å². The third kappa shape index (κ3) is 5.67. The summed E-state index contributed by atoms with van der Waals surface area (Å²) in [7, 11) is 0. The van der Waals surface area contributed by atoms with E-state index in [0.717, 1.165) is 13.0 Å². The van der Waals surface area contributed by atoms with Gasteiger partial charge in [0.25, 0.3) is 13.6 Å². The Labute approximate surface area is 101 Å². The number of rotatable bonds is 1. The third-order valence-corrected chi connectivity index (χ3v) is 2.14. The van der Waals surface area contributed by atoms with Gasteiger partial charge in [-0.1, -0.05) is 18.2 Å². The van der Waals surface area contributed by atoms with Gasteiger partial charge in [0, 0.05) is 23.7 Å². The minimum atomic E-state index is 0. The van der Waals surface area contributed by atoms with E-state index in [1.54, 1.807) is 0 Å². The largest absolute Gasteiger partial charge is 0.374 e. The van der Waals surface area contributed by atoms with Crippen LogP contribution in [-0.4, -0.2) is 26.3 Å². The first-order valence-electron chi connectivity index (χ1n) is 4.35. The van der Waals surface area contributed by atoms with Crippen LogP contribution in [-0.2, 0) is 31.4 Å². The minimum absolute atomic E-state index is 0. The van der Waals surface area contributed by atoms with Gasteiger partial charge >= 0.3 is 0 Å². The molecule has 2 rings (SSSR count). The van der Waals surface area contributed by atoms with Crippen LogP contribution >= 0.6 is 0 Å².